The first-order chi connectivity index (χ1) is 11.6. The first-order valence-corrected chi connectivity index (χ1v) is 8.11. The fraction of sp³-hybridized carbons (Fsp3) is 0.529. The third-order valence-electron chi connectivity index (χ3n) is 3.85. The van der Waals surface area contributed by atoms with Crippen LogP contribution in [0.15, 0.2) is 24.3 Å². The molecular weight excluding hydrogens is 315 g/mol. The number of ether oxygens (including phenoxy) is 2. The zero-order valence-electron chi connectivity index (χ0n) is 13.9. The Morgan fingerprint density at radius 2 is 2.00 bits per heavy atom. The number of carbonyl (C=O) groups is 2. The van der Waals surface area contributed by atoms with Gasteiger partial charge in [-0.3, -0.25) is 9.69 Å². The Kier molecular flexibility index (Phi) is 7.14. The Hall–Kier alpha value is -1.99. The summed E-state index contributed by atoms with van der Waals surface area (Å²) in [7, 11) is 0. The number of hydrogen-bond donors (Lipinski definition) is 0. The van der Waals surface area contributed by atoms with Crippen LogP contribution in [0.25, 0.3) is 0 Å². The molecule has 0 spiro atoms. The lowest BCUT2D eigenvalue weighted by atomic mass is 10.2. The Bertz CT molecular complexity index is 561. The number of benzene rings is 1. The SMILES string of the molecule is CCOC(=O)C(=O)N(CCN1CCOCC1)Cc1ccccc1F. The van der Waals surface area contributed by atoms with E-state index in [9.17, 15) is 14.0 Å². The molecule has 1 heterocycles. The lowest BCUT2D eigenvalue weighted by Crippen LogP contribution is -2.45. The van der Waals surface area contributed by atoms with Gasteiger partial charge in [-0.1, -0.05) is 18.2 Å². The molecule has 2 rings (SSSR count). The minimum Gasteiger partial charge on any atom is -0.459 e. The van der Waals surface area contributed by atoms with Gasteiger partial charge in [0.1, 0.15) is 5.82 Å². The molecule has 0 saturated carbocycles. The largest absolute Gasteiger partial charge is 0.459 e. The van der Waals surface area contributed by atoms with Crippen molar-refractivity contribution in [1.82, 2.24) is 9.80 Å². The minimum atomic E-state index is -0.907. The van der Waals surface area contributed by atoms with Crippen LogP contribution in [0.5, 0.6) is 0 Å². The fourth-order valence-corrected chi connectivity index (χ4v) is 2.49. The smallest absolute Gasteiger partial charge is 0.397 e. The van der Waals surface area contributed by atoms with E-state index >= 15 is 0 Å². The average molecular weight is 338 g/mol. The van der Waals surface area contributed by atoms with Crippen molar-refractivity contribution in [2.24, 2.45) is 0 Å². The highest BCUT2D eigenvalue weighted by Crippen LogP contribution is 2.11. The lowest BCUT2D eigenvalue weighted by molar-refractivity contribution is -0.160. The Labute approximate surface area is 141 Å². The van der Waals surface area contributed by atoms with Gasteiger partial charge in [0.05, 0.1) is 19.8 Å². The monoisotopic (exact) mass is 338 g/mol. The zero-order chi connectivity index (χ0) is 17.4. The zero-order valence-corrected chi connectivity index (χ0v) is 13.9. The maximum atomic E-state index is 13.9. The highest BCUT2D eigenvalue weighted by molar-refractivity contribution is 6.32. The maximum Gasteiger partial charge on any atom is 0.397 e. The van der Waals surface area contributed by atoms with Gasteiger partial charge in [0.15, 0.2) is 0 Å². The van der Waals surface area contributed by atoms with Crippen molar-refractivity contribution in [2.75, 3.05) is 46.0 Å². The summed E-state index contributed by atoms with van der Waals surface area (Å²) in [5.74, 6) is -2.05. The molecule has 0 atom stereocenters. The van der Waals surface area contributed by atoms with Crippen LogP contribution in [0.2, 0.25) is 0 Å². The molecular formula is C17H23FN2O4. The first-order valence-electron chi connectivity index (χ1n) is 8.11. The standard InChI is InChI=1S/C17H23FN2O4/c1-2-24-17(22)16(21)20(8-7-19-9-11-23-12-10-19)13-14-5-3-4-6-15(14)18/h3-6H,2,7-13H2,1H3. The van der Waals surface area contributed by atoms with E-state index in [-0.39, 0.29) is 13.2 Å². The second-order valence-electron chi connectivity index (χ2n) is 5.49. The van der Waals surface area contributed by atoms with Crippen LogP contribution in [0, 0.1) is 5.82 Å². The van der Waals surface area contributed by atoms with E-state index in [0.29, 0.717) is 31.9 Å². The summed E-state index contributed by atoms with van der Waals surface area (Å²) in [6.07, 6.45) is 0. The van der Waals surface area contributed by atoms with Crippen molar-refractivity contribution in [3.63, 3.8) is 0 Å². The summed E-state index contributed by atoms with van der Waals surface area (Å²) >= 11 is 0. The number of hydrogen-bond acceptors (Lipinski definition) is 5. The van der Waals surface area contributed by atoms with Crippen molar-refractivity contribution in [3.8, 4) is 0 Å². The van der Waals surface area contributed by atoms with E-state index in [1.807, 2.05) is 0 Å². The molecule has 0 aromatic heterocycles. The fourth-order valence-electron chi connectivity index (χ4n) is 2.49. The molecule has 1 amide bonds. The first kappa shape index (κ1) is 18.4. The van der Waals surface area contributed by atoms with Crippen LogP contribution in [-0.2, 0) is 25.6 Å². The molecule has 0 bridgehead atoms. The summed E-state index contributed by atoms with van der Waals surface area (Å²) in [5.41, 5.74) is 0.372. The molecule has 1 saturated heterocycles. The van der Waals surface area contributed by atoms with Crippen molar-refractivity contribution < 1.29 is 23.5 Å². The summed E-state index contributed by atoms with van der Waals surface area (Å²) in [5, 5.41) is 0. The number of morpholine rings is 1. The van der Waals surface area contributed by atoms with Gasteiger partial charge < -0.3 is 14.4 Å². The minimum absolute atomic E-state index is 0.0364. The predicted molar refractivity (Wildman–Crippen MR) is 85.7 cm³/mol. The topological polar surface area (TPSA) is 59.1 Å². The van der Waals surface area contributed by atoms with Gasteiger partial charge in [-0.2, -0.15) is 0 Å². The maximum absolute atomic E-state index is 13.9. The number of rotatable bonds is 6. The van der Waals surface area contributed by atoms with E-state index in [4.69, 9.17) is 9.47 Å². The molecule has 1 fully saturated rings. The van der Waals surface area contributed by atoms with E-state index in [1.54, 1.807) is 25.1 Å². The molecule has 132 valence electrons. The Balaban J connectivity index is 2.03. The molecule has 1 aliphatic heterocycles. The van der Waals surface area contributed by atoms with Gasteiger partial charge in [0, 0.05) is 38.3 Å². The number of esters is 1. The third-order valence-corrected chi connectivity index (χ3v) is 3.85. The van der Waals surface area contributed by atoms with Crippen molar-refractivity contribution in [2.45, 2.75) is 13.5 Å². The van der Waals surface area contributed by atoms with Gasteiger partial charge in [0.2, 0.25) is 0 Å². The molecule has 0 unspecified atom stereocenters. The van der Waals surface area contributed by atoms with Crippen LogP contribution in [0.3, 0.4) is 0 Å². The van der Waals surface area contributed by atoms with Crippen LogP contribution >= 0.6 is 0 Å². The van der Waals surface area contributed by atoms with Gasteiger partial charge in [-0.15, -0.1) is 0 Å². The highest BCUT2D eigenvalue weighted by atomic mass is 19.1. The molecule has 24 heavy (non-hydrogen) atoms. The Morgan fingerprint density at radius 1 is 1.29 bits per heavy atom. The van der Waals surface area contributed by atoms with Gasteiger partial charge in [0.25, 0.3) is 0 Å². The lowest BCUT2D eigenvalue weighted by Gasteiger charge is -2.29. The van der Waals surface area contributed by atoms with E-state index in [2.05, 4.69) is 4.90 Å². The number of halogens is 1. The normalized spacial score (nSPS) is 15.1. The number of carbonyl (C=O) groups excluding carboxylic acids is 2. The van der Waals surface area contributed by atoms with Crippen molar-refractivity contribution in [1.29, 1.82) is 0 Å². The van der Waals surface area contributed by atoms with E-state index in [0.717, 1.165) is 13.1 Å². The summed E-state index contributed by atoms with van der Waals surface area (Å²) in [4.78, 5) is 27.6. The average Bonchev–Trinajstić information content (AvgIpc) is 2.60. The highest BCUT2D eigenvalue weighted by Gasteiger charge is 2.25. The third kappa shape index (κ3) is 5.28. The number of nitrogens with zero attached hydrogens (tertiary/aromatic N) is 2. The van der Waals surface area contributed by atoms with Crippen LogP contribution in [0.1, 0.15) is 12.5 Å². The summed E-state index contributed by atoms with van der Waals surface area (Å²) in [6, 6.07) is 6.23. The number of amides is 1. The molecule has 6 nitrogen and oxygen atoms in total. The van der Waals surface area contributed by atoms with Gasteiger partial charge in [-0.25, -0.2) is 9.18 Å². The Morgan fingerprint density at radius 3 is 2.67 bits per heavy atom. The molecule has 1 aromatic carbocycles. The quantitative estimate of drug-likeness (QED) is 0.573. The van der Waals surface area contributed by atoms with Gasteiger partial charge in [-0.05, 0) is 13.0 Å². The van der Waals surface area contributed by atoms with Crippen molar-refractivity contribution >= 4 is 11.9 Å². The van der Waals surface area contributed by atoms with Crippen molar-refractivity contribution in [3.05, 3.63) is 35.6 Å². The summed E-state index contributed by atoms with van der Waals surface area (Å²) in [6.45, 7) is 5.59. The second-order valence-corrected chi connectivity index (χ2v) is 5.49. The molecule has 1 aliphatic rings. The van der Waals surface area contributed by atoms with E-state index in [1.165, 1.54) is 11.0 Å². The van der Waals surface area contributed by atoms with Crippen LogP contribution in [0.4, 0.5) is 4.39 Å². The van der Waals surface area contributed by atoms with Crippen LogP contribution in [-0.4, -0.2) is 67.7 Å². The molecule has 7 heteroatoms. The van der Waals surface area contributed by atoms with Gasteiger partial charge >= 0.3 is 11.9 Å². The van der Waals surface area contributed by atoms with E-state index < -0.39 is 17.7 Å². The molecule has 0 N–H and O–H groups in total. The predicted octanol–water partition coefficient (Wildman–Crippen LogP) is 1.05. The molecule has 0 aliphatic carbocycles. The molecule has 1 aromatic rings. The second kappa shape index (κ2) is 9.34. The van der Waals surface area contributed by atoms with Crippen LogP contribution < -0.4 is 0 Å². The summed E-state index contributed by atoms with van der Waals surface area (Å²) < 4.78 is 24.0. The molecule has 0 radical (unpaired) electrons.